The average Bonchev–Trinajstić information content (AvgIpc) is 3.00. The molecule has 1 aliphatic carbocycles. The number of rotatable bonds is 4. The summed E-state index contributed by atoms with van der Waals surface area (Å²) in [6.45, 7) is 2.02. The van der Waals surface area contributed by atoms with Crippen LogP contribution < -0.4 is 0 Å². The molecular formula is C22H21NO3. The lowest BCUT2D eigenvalue weighted by molar-refractivity contribution is -0.132. The van der Waals surface area contributed by atoms with Gasteiger partial charge in [0.2, 0.25) is 11.5 Å². The predicted octanol–water partition coefficient (Wildman–Crippen LogP) is 4.20. The minimum Gasteiger partial charge on any atom is -0.455 e. The SMILES string of the molecule is CCC[C@]1(c2ccc3c(c2)C(=O)CCC3)OC(c2ccccc2)=NC1=O. The van der Waals surface area contributed by atoms with Crippen molar-refractivity contribution in [3.8, 4) is 0 Å². The molecule has 132 valence electrons. The number of hydrogen-bond acceptors (Lipinski definition) is 3. The van der Waals surface area contributed by atoms with Gasteiger partial charge in [-0.25, -0.2) is 0 Å². The lowest BCUT2D eigenvalue weighted by Crippen LogP contribution is -2.35. The van der Waals surface area contributed by atoms with Crippen molar-refractivity contribution in [2.45, 2.75) is 44.6 Å². The number of benzene rings is 2. The molecule has 0 radical (unpaired) electrons. The van der Waals surface area contributed by atoms with Crippen LogP contribution in [0, 0.1) is 0 Å². The van der Waals surface area contributed by atoms with E-state index in [0.29, 0.717) is 18.7 Å². The van der Waals surface area contributed by atoms with Gasteiger partial charge in [0.25, 0.3) is 5.91 Å². The maximum absolute atomic E-state index is 12.9. The fraction of sp³-hybridized carbons (Fsp3) is 0.318. The Labute approximate surface area is 152 Å². The Hall–Kier alpha value is -2.75. The van der Waals surface area contributed by atoms with Gasteiger partial charge in [0.15, 0.2) is 5.78 Å². The van der Waals surface area contributed by atoms with Crippen LogP contribution >= 0.6 is 0 Å². The molecule has 0 bridgehead atoms. The fourth-order valence-corrected chi connectivity index (χ4v) is 3.83. The second-order valence-corrected chi connectivity index (χ2v) is 6.92. The zero-order valence-corrected chi connectivity index (χ0v) is 14.8. The number of Topliss-reactive ketones (excluding diaryl/α,β-unsaturated/α-hetero) is 1. The fourth-order valence-electron chi connectivity index (χ4n) is 3.83. The third-order valence-electron chi connectivity index (χ3n) is 5.17. The van der Waals surface area contributed by atoms with Crippen LogP contribution in [-0.4, -0.2) is 17.6 Å². The van der Waals surface area contributed by atoms with Crippen LogP contribution in [0.4, 0.5) is 0 Å². The molecule has 1 heterocycles. The van der Waals surface area contributed by atoms with Gasteiger partial charge in [-0.2, -0.15) is 4.99 Å². The van der Waals surface area contributed by atoms with Crippen LogP contribution in [-0.2, 0) is 21.6 Å². The first kappa shape index (κ1) is 16.7. The normalized spacial score (nSPS) is 22.0. The summed E-state index contributed by atoms with van der Waals surface area (Å²) in [7, 11) is 0. The summed E-state index contributed by atoms with van der Waals surface area (Å²) in [6, 6.07) is 15.2. The number of aliphatic imine (C=N–C) groups is 1. The van der Waals surface area contributed by atoms with E-state index in [4.69, 9.17) is 4.74 Å². The van der Waals surface area contributed by atoms with E-state index in [1.807, 2.05) is 55.5 Å². The maximum atomic E-state index is 12.9. The molecule has 0 saturated heterocycles. The van der Waals surface area contributed by atoms with Gasteiger partial charge in [0.1, 0.15) is 0 Å². The van der Waals surface area contributed by atoms with E-state index in [9.17, 15) is 9.59 Å². The quantitative estimate of drug-likeness (QED) is 0.833. The highest BCUT2D eigenvalue weighted by Crippen LogP contribution is 2.39. The first-order valence-electron chi connectivity index (χ1n) is 9.18. The lowest BCUT2D eigenvalue weighted by Gasteiger charge is -2.28. The molecule has 2 aromatic rings. The number of fused-ring (bicyclic) bond motifs is 1. The van der Waals surface area contributed by atoms with Gasteiger partial charge in [-0.05, 0) is 36.6 Å². The van der Waals surface area contributed by atoms with Crippen molar-refractivity contribution >= 4 is 17.6 Å². The van der Waals surface area contributed by atoms with E-state index in [1.54, 1.807) is 0 Å². The molecule has 2 aromatic carbocycles. The van der Waals surface area contributed by atoms with E-state index in [-0.39, 0.29) is 11.7 Å². The summed E-state index contributed by atoms with van der Waals surface area (Å²) >= 11 is 0. The number of ketones is 1. The molecular weight excluding hydrogens is 326 g/mol. The Morgan fingerprint density at radius 2 is 1.88 bits per heavy atom. The van der Waals surface area contributed by atoms with E-state index < -0.39 is 5.60 Å². The molecule has 1 aliphatic heterocycles. The molecule has 0 unspecified atom stereocenters. The summed E-state index contributed by atoms with van der Waals surface area (Å²) in [4.78, 5) is 29.5. The maximum Gasteiger partial charge on any atom is 0.297 e. The molecule has 4 rings (SSSR count). The molecule has 0 aromatic heterocycles. The molecule has 1 amide bonds. The predicted molar refractivity (Wildman–Crippen MR) is 99.4 cm³/mol. The van der Waals surface area contributed by atoms with Crippen LogP contribution in [0.3, 0.4) is 0 Å². The standard InChI is InChI=1S/C22H21NO3/c1-2-13-22(17-12-11-15-9-6-10-19(24)18(15)14-17)21(25)23-20(26-22)16-7-4-3-5-8-16/h3-5,7-8,11-12,14H,2,6,9-10,13H2,1H3/t22-/m1/s1. The van der Waals surface area contributed by atoms with Crippen molar-refractivity contribution < 1.29 is 14.3 Å². The smallest absolute Gasteiger partial charge is 0.297 e. The number of amides is 1. The average molecular weight is 347 g/mol. The Balaban J connectivity index is 1.76. The van der Waals surface area contributed by atoms with Crippen LogP contribution in [0.2, 0.25) is 0 Å². The highest BCUT2D eigenvalue weighted by molar-refractivity contribution is 6.09. The lowest BCUT2D eigenvalue weighted by atomic mass is 9.83. The number of hydrogen-bond donors (Lipinski definition) is 0. The molecule has 2 aliphatic rings. The molecule has 0 saturated carbocycles. The van der Waals surface area contributed by atoms with Gasteiger partial charge in [-0.3, -0.25) is 9.59 Å². The van der Waals surface area contributed by atoms with Crippen LogP contribution in [0.1, 0.15) is 59.7 Å². The Morgan fingerprint density at radius 3 is 2.65 bits per heavy atom. The zero-order chi connectivity index (χ0) is 18.1. The Bertz CT molecular complexity index is 901. The van der Waals surface area contributed by atoms with Crippen molar-refractivity contribution in [2.24, 2.45) is 4.99 Å². The highest BCUT2D eigenvalue weighted by atomic mass is 16.5. The third kappa shape index (κ3) is 2.66. The van der Waals surface area contributed by atoms with Crippen molar-refractivity contribution in [3.63, 3.8) is 0 Å². The second-order valence-electron chi connectivity index (χ2n) is 6.92. The monoisotopic (exact) mass is 347 g/mol. The van der Waals surface area contributed by atoms with Crippen molar-refractivity contribution in [3.05, 3.63) is 70.8 Å². The molecule has 1 atom stereocenters. The van der Waals surface area contributed by atoms with E-state index in [0.717, 1.165) is 41.5 Å². The number of ether oxygens (including phenoxy) is 1. The molecule has 0 fully saturated rings. The number of nitrogens with zero attached hydrogens (tertiary/aromatic N) is 1. The molecule has 0 spiro atoms. The van der Waals surface area contributed by atoms with E-state index in [2.05, 4.69) is 4.99 Å². The van der Waals surface area contributed by atoms with Gasteiger partial charge < -0.3 is 4.74 Å². The van der Waals surface area contributed by atoms with Gasteiger partial charge >= 0.3 is 0 Å². The molecule has 26 heavy (non-hydrogen) atoms. The van der Waals surface area contributed by atoms with Gasteiger partial charge in [-0.15, -0.1) is 0 Å². The van der Waals surface area contributed by atoms with Gasteiger partial charge in [-0.1, -0.05) is 43.7 Å². The van der Waals surface area contributed by atoms with E-state index in [1.165, 1.54) is 0 Å². The number of carbonyl (C=O) groups is 2. The highest BCUT2D eigenvalue weighted by Gasteiger charge is 2.48. The van der Waals surface area contributed by atoms with E-state index >= 15 is 0 Å². The van der Waals surface area contributed by atoms with Crippen LogP contribution in [0.5, 0.6) is 0 Å². The Morgan fingerprint density at radius 1 is 1.08 bits per heavy atom. The molecule has 4 nitrogen and oxygen atoms in total. The second kappa shape index (κ2) is 6.52. The largest absolute Gasteiger partial charge is 0.455 e. The van der Waals surface area contributed by atoms with Crippen LogP contribution in [0.15, 0.2) is 53.5 Å². The van der Waals surface area contributed by atoms with Crippen molar-refractivity contribution in [1.29, 1.82) is 0 Å². The minimum absolute atomic E-state index is 0.148. The molecule has 4 heteroatoms. The summed E-state index contributed by atoms with van der Waals surface area (Å²) < 4.78 is 6.19. The van der Waals surface area contributed by atoms with Gasteiger partial charge in [0, 0.05) is 29.5 Å². The third-order valence-corrected chi connectivity index (χ3v) is 5.17. The zero-order valence-electron chi connectivity index (χ0n) is 14.8. The van der Waals surface area contributed by atoms with Crippen molar-refractivity contribution in [1.82, 2.24) is 0 Å². The first-order valence-corrected chi connectivity index (χ1v) is 9.18. The van der Waals surface area contributed by atoms with Crippen molar-refractivity contribution in [2.75, 3.05) is 0 Å². The number of carbonyl (C=O) groups excluding carboxylic acids is 2. The number of aryl methyl sites for hydroxylation is 1. The van der Waals surface area contributed by atoms with Gasteiger partial charge in [0.05, 0.1) is 0 Å². The summed E-state index contributed by atoms with van der Waals surface area (Å²) in [5.41, 5.74) is 2.17. The first-order chi connectivity index (χ1) is 12.6. The van der Waals surface area contributed by atoms with Crippen LogP contribution in [0.25, 0.3) is 0 Å². The minimum atomic E-state index is -1.13. The summed E-state index contributed by atoms with van der Waals surface area (Å²) in [5.74, 6) is 0.212. The summed E-state index contributed by atoms with van der Waals surface area (Å²) in [5, 5.41) is 0. The Kier molecular flexibility index (Phi) is 4.19. The topological polar surface area (TPSA) is 55.7 Å². The molecule has 0 N–H and O–H groups in total. The summed E-state index contributed by atoms with van der Waals surface area (Å²) in [6.07, 6.45) is 3.66.